The van der Waals surface area contributed by atoms with Gasteiger partial charge in [0.05, 0.1) is 6.10 Å². The Morgan fingerprint density at radius 1 is 0.692 bits per heavy atom. The Balaban J connectivity index is 1.61. The van der Waals surface area contributed by atoms with E-state index in [2.05, 4.69) is 12.2 Å². The van der Waals surface area contributed by atoms with Crippen molar-refractivity contribution in [2.24, 2.45) is 0 Å². The van der Waals surface area contributed by atoms with Crippen LogP contribution >= 0.6 is 0 Å². The first-order valence-electron chi connectivity index (χ1n) is 10.4. The van der Waals surface area contributed by atoms with Gasteiger partial charge < -0.3 is 10.4 Å². The lowest BCUT2D eigenvalue weighted by molar-refractivity contribution is 0.163. The normalized spacial score (nSPS) is 12.1. The predicted octanol–water partition coefficient (Wildman–Crippen LogP) is 7.38. The topological polar surface area (TPSA) is 32.3 Å². The number of unbranched alkanes of at least 4 members (excludes halogenated alkanes) is 8. The smallest absolute Gasteiger partial charge is 0.0790 e. The number of aliphatic hydroxyl groups is 1. The van der Waals surface area contributed by atoms with Gasteiger partial charge in [0.1, 0.15) is 0 Å². The quantitative estimate of drug-likeness (QED) is 0.368. The minimum atomic E-state index is -0.342. The maximum absolute atomic E-state index is 10.4. The van der Waals surface area contributed by atoms with Crippen LogP contribution in [0.1, 0.15) is 82.8 Å². The summed E-state index contributed by atoms with van der Waals surface area (Å²) in [4.78, 5) is 0. The van der Waals surface area contributed by atoms with Crippen LogP contribution in [-0.2, 0) is 0 Å². The first-order chi connectivity index (χ1) is 12.8. The van der Waals surface area contributed by atoms with Crippen LogP contribution in [0.4, 0.5) is 11.4 Å². The number of anilines is 2. The molecule has 0 heterocycles. The van der Waals surface area contributed by atoms with Crippen molar-refractivity contribution in [3.63, 3.8) is 0 Å². The van der Waals surface area contributed by atoms with Crippen LogP contribution in [0.2, 0.25) is 0 Å². The van der Waals surface area contributed by atoms with Crippen LogP contribution in [-0.4, -0.2) is 5.11 Å². The Hall–Kier alpha value is -1.80. The third-order valence-corrected chi connectivity index (χ3v) is 4.94. The average molecular weight is 354 g/mol. The summed E-state index contributed by atoms with van der Waals surface area (Å²) in [7, 11) is 0. The Bertz CT molecular complexity index is 579. The van der Waals surface area contributed by atoms with Crippen molar-refractivity contribution in [2.45, 2.75) is 77.2 Å². The zero-order valence-corrected chi connectivity index (χ0v) is 16.3. The van der Waals surface area contributed by atoms with E-state index < -0.39 is 0 Å². The van der Waals surface area contributed by atoms with E-state index in [9.17, 15) is 5.11 Å². The summed E-state index contributed by atoms with van der Waals surface area (Å²) in [6.07, 6.45) is 12.4. The van der Waals surface area contributed by atoms with Crippen LogP contribution in [0.3, 0.4) is 0 Å². The van der Waals surface area contributed by atoms with Crippen molar-refractivity contribution < 1.29 is 5.11 Å². The monoisotopic (exact) mass is 353 g/mol. The molecule has 0 bridgehead atoms. The molecule has 0 aromatic heterocycles. The van der Waals surface area contributed by atoms with E-state index in [1.807, 2.05) is 54.6 Å². The first kappa shape index (κ1) is 20.5. The molecule has 1 atom stereocenters. The molecule has 1 unspecified atom stereocenters. The molecule has 0 saturated heterocycles. The second-order valence-corrected chi connectivity index (χ2v) is 7.25. The molecule has 0 aliphatic carbocycles. The highest BCUT2D eigenvalue weighted by atomic mass is 16.3. The van der Waals surface area contributed by atoms with Gasteiger partial charge in [0, 0.05) is 11.4 Å². The van der Waals surface area contributed by atoms with Crippen molar-refractivity contribution in [1.82, 2.24) is 0 Å². The highest BCUT2D eigenvalue weighted by Crippen LogP contribution is 2.23. The number of benzene rings is 2. The van der Waals surface area contributed by atoms with Crippen molar-refractivity contribution in [1.29, 1.82) is 0 Å². The molecule has 0 aliphatic heterocycles. The molecule has 2 heteroatoms. The SMILES string of the molecule is CCCCCCCCCCCC(O)c1ccc(Nc2ccccc2)cc1. The molecule has 2 aromatic rings. The number of hydrogen-bond acceptors (Lipinski definition) is 2. The van der Waals surface area contributed by atoms with Gasteiger partial charge in [-0.05, 0) is 36.2 Å². The van der Waals surface area contributed by atoms with Gasteiger partial charge in [0.25, 0.3) is 0 Å². The summed E-state index contributed by atoms with van der Waals surface area (Å²) in [5.41, 5.74) is 3.15. The lowest BCUT2D eigenvalue weighted by Crippen LogP contribution is -1.98. The van der Waals surface area contributed by atoms with E-state index in [1.54, 1.807) is 0 Å². The van der Waals surface area contributed by atoms with Crippen LogP contribution < -0.4 is 5.32 Å². The molecule has 0 fully saturated rings. The Morgan fingerprint density at radius 2 is 1.23 bits per heavy atom. The van der Waals surface area contributed by atoms with E-state index in [0.29, 0.717) is 0 Å². The second kappa shape index (κ2) is 12.5. The molecule has 2 N–H and O–H groups in total. The number of hydrogen-bond donors (Lipinski definition) is 2. The fourth-order valence-electron chi connectivity index (χ4n) is 3.29. The summed E-state index contributed by atoms with van der Waals surface area (Å²) in [5, 5.41) is 13.8. The molecule has 0 radical (unpaired) electrons. The zero-order valence-electron chi connectivity index (χ0n) is 16.3. The van der Waals surface area contributed by atoms with Crippen LogP contribution in [0.5, 0.6) is 0 Å². The molecule has 0 saturated carbocycles. The van der Waals surface area contributed by atoms with Gasteiger partial charge in [-0.3, -0.25) is 0 Å². The lowest BCUT2D eigenvalue weighted by atomic mass is 10.0. The number of nitrogens with one attached hydrogen (secondary N) is 1. The van der Waals surface area contributed by atoms with Gasteiger partial charge in [-0.1, -0.05) is 95.0 Å². The summed E-state index contributed by atoms with van der Waals surface area (Å²) >= 11 is 0. The Labute approximate surface area is 159 Å². The van der Waals surface area contributed by atoms with E-state index in [0.717, 1.165) is 29.8 Å². The van der Waals surface area contributed by atoms with Crippen molar-refractivity contribution in [3.8, 4) is 0 Å². The first-order valence-corrected chi connectivity index (χ1v) is 10.4. The summed E-state index contributed by atoms with van der Waals surface area (Å²) in [5.74, 6) is 0. The largest absolute Gasteiger partial charge is 0.388 e. The van der Waals surface area contributed by atoms with Gasteiger partial charge in [-0.2, -0.15) is 0 Å². The molecular weight excluding hydrogens is 318 g/mol. The number of para-hydroxylation sites is 1. The third kappa shape index (κ3) is 8.05. The van der Waals surface area contributed by atoms with E-state index in [1.165, 1.54) is 51.4 Å². The van der Waals surface area contributed by atoms with Crippen LogP contribution in [0, 0.1) is 0 Å². The van der Waals surface area contributed by atoms with Crippen LogP contribution in [0.15, 0.2) is 54.6 Å². The molecule has 2 rings (SSSR count). The molecule has 0 aliphatic rings. The standard InChI is InChI=1S/C24H35NO/c1-2-3-4-5-6-7-8-9-13-16-24(26)21-17-19-23(20-18-21)25-22-14-11-10-12-15-22/h10-12,14-15,17-20,24-26H,2-9,13,16H2,1H3. The molecule has 2 nitrogen and oxygen atoms in total. The van der Waals surface area contributed by atoms with Gasteiger partial charge in [0.15, 0.2) is 0 Å². The highest BCUT2D eigenvalue weighted by Gasteiger charge is 2.07. The zero-order chi connectivity index (χ0) is 18.5. The minimum Gasteiger partial charge on any atom is -0.388 e. The molecule has 2 aromatic carbocycles. The Morgan fingerprint density at radius 3 is 1.85 bits per heavy atom. The maximum atomic E-state index is 10.4. The second-order valence-electron chi connectivity index (χ2n) is 7.25. The summed E-state index contributed by atoms with van der Waals surface area (Å²) in [6.45, 7) is 2.26. The predicted molar refractivity (Wildman–Crippen MR) is 113 cm³/mol. The van der Waals surface area contributed by atoms with Gasteiger partial charge in [-0.25, -0.2) is 0 Å². The molecule has 142 valence electrons. The minimum absolute atomic E-state index is 0.342. The fourth-order valence-corrected chi connectivity index (χ4v) is 3.29. The van der Waals surface area contributed by atoms with E-state index in [4.69, 9.17) is 0 Å². The number of rotatable bonds is 13. The molecule has 26 heavy (non-hydrogen) atoms. The summed E-state index contributed by atoms with van der Waals surface area (Å²) in [6, 6.07) is 18.3. The molecule has 0 amide bonds. The van der Waals surface area contributed by atoms with E-state index >= 15 is 0 Å². The number of aliphatic hydroxyl groups excluding tert-OH is 1. The fraction of sp³-hybridized carbons (Fsp3) is 0.500. The van der Waals surface area contributed by atoms with E-state index in [-0.39, 0.29) is 6.10 Å². The maximum Gasteiger partial charge on any atom is 0.0790 e. The molecular formula is C24H35NO. The van der Waals surface area contributed by atoms with Gasteiger partial charge in [0.2, 0.25) is 0 Å². The van der Waals surface area contributed by atoms with Gasteiger partial charge >= 0.3 is 0 Å². The summed E-state index contributed by atoms with van der Waals surface area (Å²) < 4.78 is 0. The van der Waals surface area contributed by atoms with Crippen LogP contribution in [0.25, 0.3) is 0 Å². The Kier molecular flexibility index (Phi) is 9.89. The van der Waals surface area contributed by atoms with Crippen molar-refractivity contribution in [3.05, 3.63) is 60.2 Å². The lowest BCUT2D eigenvalue weighted by Gasteiger charge is -2.12. The van der Waals surface area contributed by atoms with Crippen molar-refractivity contribution >= 4 is 11.4 Å². The average Bonchev–Trinajstić information content (AvgIpc) is 2.68. The highest BCUT2D eigenvalue weighted by molar-refractivity contribution is 5.59. The van der Waals surface area contributed by atoms with Crippen molar-refractivity contribution in [2.75, 3.05) is 5.32 Å². The third-order valence-electron chi connectivity index (χ3n) is 4.94. The molecule has 0 spiro atoms. The van der Waals surface area contributed by atoms with Gasteiger partial charge in [-0.15, -0.1) is 0 Å².